The number of nitrogens with zero attached hydrogens (tertiary/aromatic N) is 4. The number of carbonyl (C=O) groups is 1. The van der Waals surface area contributed by atoms with Crippen LogP contribution in [0.5, 0.6) is 5.75 Å². The van der Waals surface area contributed by atoms with E-state index in [1.807, 2.05) is 12.3 Å². The van der Waals surface area contributed by atoms with Gasteiger partial charge in [-0.05, 0) is 31.4 Å². The fourth-order valence-corrected chi connectivity index (χ4v) is 3.72. The predicted octanol–water partition coefficient (Wildman–Crippen LogP) is 1.78. The summed E-state index contributed by atoms with van der Waals surface area (Å²) in [4.78, 5) is 28.0. The fourth-order valence-electron chi connectivity index (χ4n) is 3.72. The second-order valence-corrected chi connectivity index (χ2v) is 7.15. The minimum absolute atomic E-state index is 0.0378. The highest BCUT2D eigenvalue weighted by Gasteiger charge is 2.27. The van der Waals surface area contributed by atoms with E-state index in [9.17, 15) is 4.79 Å². The van der Waals surface area contributed by atoms with E-state index < -0.39 is 0 Å². The van der Waals surface area contributed by atoms with Crippen LogP contribution in [0.15, 0.2) is 30.6 Å². The van der Waals surface area contributed by atoms with Gasteiger partial charge in [0.25, 0.3) is 5.91 Å². The van der Waals surface area contributed by atoms with Crippen molar-refractivity contribution in [2.45, 2.75) is 31.2 Å². The Hall–Kier alpha value is -2.74. The van der Waals surface area contributed by atoms with Crippen molar-refractivity contribution in [3.8, 4) is 5.75 Å². The molecule has 0 aliphatic carbocycles. The van der Waals surface area contributed by atoms with E-state index in [0.29, 0.717) is 23.9 Å². The summed E-state index contributed by atoms with van der Waals surface area (Å²) in [5.74, 6) is 1.60. The van der Waals surface area contributed by atoms with Gasteiger partial charge >= 0.3 is 0 Å². The van der Waals surface area contributed by atoms with E-state index >= 15 is 0 Å². The maximum absolute atomic E-state index is 12.5. The minimum atomic E-state index is -0.192. The van der Waals surface area contributed by atoms with Crippen LogP contribution in [0.2, 0.25) is 0 Å². The van der Waals surface area contributed by atoms with Crippen LogP contribution in [0.4, 0.5) is 5.95 Å². The molecule has 1 unspecified atom stereocenters. The number of pyridine rings is 1. The first kappa shape index (κ1) is 18.6. The average Bonchev–Trinajstić information content (AvgIpc) is 3.23. The molecule has 2 aliphatic rings. The summed E-state index contributed by atoms with van der Waals surface area (Å²) in [5, 5.41) is 3.05. The van der Waals surface area contributed by atoms with Crippen molar-refractivity contribution in [1.29, 1.82) is 0 Å². The van der Waals surface area contributed by atoms with E-state index in [2.05, 4.69) is 20.2 Å². The number of nitrogens with one attached hydrogen (secondary N) is 1. The Morgan fingerprint density at radius 3 is 2.86 bits per heavy atom. The van der Waals surface area contributed by atoms with Crippen LogP contribution >= 0.6 is 0 Å². The van der Waals surface area contributed by atoms with E-state index in [0.717, 1.165) is 50.7 Å². The highest BCUT2D eigenvalue weighted by Crippen LogP contribution is 2.26. The van der Waals surface area contributed by atoms with Crippen LogP contribution in [0.1, 0.15) is 41.4 Å². The van der Waals surface area contributed by atoms with Gasteiger partial charge in [0.15, 0.2) is 0 Å². The quantitative estimate of drug-likeness (QED) is 0.842. The molecule has 0 spiro atoms. The van der Waals surface area contributed by atoms with Crippen LogP contribution in [-0.2, 0) is 4.74 Å². The zero-order valence-electron chi connectivity index (χ0n) is 16.0. The summed E-state index contributed by atoms with van der Waals surface area (Å²) < 4.78 is 10.6. The summed E-state index contributed by atoms with van der Waals surface area (Å²) in [6, 6.07) is 5.40. The predicted molar refractivity (Wildman–Crippen MR) is 104 cm³/mol. The molecule has 1 amide bonds. The average molecular weight is 383 g/mol. The molecule has 2 aliphatic heterocycles. The Balaban J connectivity index is 1.38. The highest BCUT2D eigenvalue weighted by molar-refractivity contribution is 5.92. The van der Waals surface area contributed by atoms with Gasteiger partial charge in [-0.1, -0.05) is 0 Å². The normalized spacial score (nSPS) is 20.2. The zero-order chi connectivity index (χ0) is 19.3. The first-order valence-electron chi connectivity index (χ1n) is 9.69. The number of carbonyl (C=O) groups excluding carboxylic acids is 1. The van der Waals surface area contributed by atoms with Crippen LogP contribution in [0, 0.1) is 0 Å². The van der Waals surface area contributed by atoms with Gasteiger partial charge in [-0.3, -0.25) is 9.78 Å². The minimum Gasteiger partial charge on any atom is -0.497 e. The molecule has 8 heteroatoms. The largest absolute Gasteiger partial charge is 0.497 e. The first-order valence-corrected chi connectivity index (χ1v) is 9.69. The SMILES string of the molecule is COc1ccnc(C(=O)NC2CCN(c3nccc(C4CCOCC4)n3)C2)c1. The smallest absolute Gasteiger partial charge is 0.270 e. The molecule has 1 atom stereocenters. The van der Waals surface area contributed by atoms with Crippen LogP contribution in [0.25, 0.3) is 0 Å². The molecular weight excluding hydrogens is 358 g/mol. The third kappa shape index (κ3) is 4.22. The number of amides is 1. The van der Waals surface area contributed by atoms with Gasteiger partial charge in [-0.15, -0.1) is 0 Å². The van der Waals surface area contributed by atoms with Crippen molar-refractivity contribution in [3.63, 3.8) is 0 Å². The van der Waals surface area contributed by atoms with E-state index in [1.165, 1.54) is 0 Å². The van der Waals surface area contributed by atoms with Crippen LogP contribution < -0.4 is 15.0 Å². The summed E-state index contributed by atoms with van der Waals surface area (Å²) in [6.45, 7) is 3.08. The lowest BCUT2D eigenvalue weighted by Crippen LogP contribution is -2.37. The third-order valence-corrected chi connectivity index (χ3v) is 5.31. The second-order valence-electron chi connectivity index (χ2n) is 7.15. The fraction of sp³-hybridized carbons (Fsp3) is 0.500. The van der Waals surface area contributed by atoms with E-state index in [4.69, 9.17) is 14.5 Å². The van der Waals surface area contributed by atoms with Gasteiger partial charge in [-0.2, -0.15) is 0 Å². The molecule has 148 valence electrons. The first-order chi connectivity index (χ1) is 13.7. The number of hydrogen-bond donors (Lipinski definition) is 1. The topological polar surface area (TPSA) is 89.5 Å². The maximum atomic E-state index is 12.5. The van der Waals surface area contributed by atoms with Gasteiger partial charge in [0.1, 0.15) is 11.4 Å². The lowest BCUT2D eigenvalue weighted by Gasteiger charge is -2.23. The Kier molecular flexibility index (Phi) is 5.66. The molecule has 4 heterocycles. The van der Waals surface area contributed by atoms with Gasteiger partial charge < -0.3 is 19.7 Å². The lowest BCUT2D eigenvalue weighted by atomic mass is 9.96. The van der Waals surface area contributed by atoms with Crippen LogP contribution in [-0.4, -0.2) is 60.3 Å². The Morgan fingerprint density at radius 2 is 2.04 bits per heavy atom. The monoisotopic (exact) mass is 383 g/mol. The molecule has 28 heavy (non-hydrogen) atoms. The second kappa shape index (κ2) is 8.52. The number of rotatable bonds is 5. The molecule has 1 N–H and O–H groups in total. The van der Waals surface area contributed by atoms with Crippen molar-refractivity contribution in [1.82, 2.24) is 20.3 Å². The van der Waals surface area contributed by atoms with Crippen molar-refractivity contribution in [3.05, 3.63) is 42.0 Å². The van der Waals surface area contributed by atoms with Crippen molar-refractivity contribution >= 4 is 11.9 Å². The maximum Gasteiger partial charge on any atom is 0.270 e. The number of anilines is 1. The van der Waals surface area contributed by atoms with Gasteiger partial charge in [0, 0.05) is 62.4 Å². The molecule has 0 bridgehead atoms. The van der Waals surface area contributed by atoms with Gasteiger partial charge in [0.2, 0.25) is 5.95 Å². The molecule has 2 aromatic heterocycles. The summed E-state index contributed by atoms with van der Waals surface area (Å²) in [6.07, 6.45) is 6.26. The summed E-state index contributed by atoms with van der Waals surface area (Å²) >= 11 is 0. The molecule has 2 saturated heterocycles. The summed E-state index contributed by atoms with van der Waals surface area (Å²) in [7, 11) is 1.57. The van der Waals surface area contributed by atoms with Crippen molar-refractivity contribution < 1.29 is 14.3 Å². The molecule has 2 fully saturated rings. The third-order valence-electron chi connectivity index (χ3n) is 5.31. The molecule has 0 radical (unpaired) electrons. The molecule has 8 nitrogen and oxygen atoms in total. The number of aromatic nitrogens is 3. The van der Waals surface area contributed by atoms with Crippen molar-refractivity contribution in [2.24, 2.45) is 0 Å². The van der Waals surface area contributed by atoms with Gasteiger partial charge in [0.05, 0.1) is 7.11 Å². The van der Waals surface area contributed by atoms with Crippen molar-refractivity contribution in [2.75, 3.05) is 38.3 Å². The molecule has 0 saturated carbocycles. The zero-order valence-corrected chi connectivity index (χ0v) is 16.0. The molecule has 0 aromatic carbocycles. The number of methoxy groups -OCH3 is 1. The molecular formula is C20H25N5O3. The number of ether oxygens (including phenoxy) is 2. The molecule has 4 rings (SSSR count). The Bertz CT molecular complexity index is 825. The van der Waals surface area contributed by atoms with Gasteiger partial charge in [-0.25, -0.2) is 9.97 Å². The highest BCUT2D eigenvalue weighted by atomic mass is 16.5. The standard InChI is InChI=1S/C20H25N5O3/c1-27-16-2-7-21-18(12-16)19(26)23-15-4-9-25(13-15)20-22-8-3-17(24-20)14-5-10-28-11-6-14/h2-3,7-8,12,14-15H,4-6,9-11,13H2,1H3,(H,23,26). The Morgan fingerprint density at radius 1 is 1.21 bits per heavy atom. The molecule has 2 aromatic rings. The Labute approximate surface area is 164 Å². The number of hydrogen-bond acceptors (Lipinski definition) is 7. The lowest BCUT2D eigenvalue weighted by molar-refractivity contribution is 0.0845. The van der Waals surface area contributed by atoms with Crippen LogP contribution in [0.3, 0.4) is 0 Å². The van der Waals surface area contributed by atoms with E-state index in [-0.39, 0.29) is 11.9 Å². The van der Waals surface area contributed by atoms with E-state index in [1.54, 1.807) is 25.4 Å². The summed E-state index contributed by atoms with van der Waals surface area (Å²) in [5.41, 5.74) is 1.44.